The lowest BCUT2D eigenvalue weighted by Crippen LogP contribution is -2.18. The van der Waals surface area contributed by atoms with Crippen LogP contribution in [0.4, 0.5) is 0 Å². The SMILES string of the molecule is CC(C)c1cccc([C@@H](C)C2CCC2)c1O. The van der Waals surface area contributed by atoms with Crippen molar-refractivity contribution in [2.45, 2.75) is 51.9 Å². The van der Waals surface area contributed by atoms with E-state index in [1.54, 1.807) is 0 Å². The molecule has 1 saturated carbocycles. The molecule has 1 nitrogen and oxygen atoms in total. The van der Waals surface area contributed by atoms with Gasteiger partial charge in [-0.1, -0.05) is 45.4 Å². The number of hydrogen-bond acceptors (Lipinski definition) is 1. The smallest absolute Gasteiger partial charge is 0.122 e. The van der Waals surface area contributed by atoms with Crippen LogP contribution in [0.25, 0.3) is 0 Å². The first-order valence-corrected chi connectivity index (χ1v) is 6.43. The average Bonchev–Trinajstić information content (AvgIpc) is 2.14. The van der Waals surface area contributed by atoms with Crippen LogP contribution in [0.3, 0.4) is 0 Å². The number of phenolic OH excluding ortho intramolecular Hbond substituents is 1. The number of hydrogen-bond donors (Lipinski definition) is 1. The third-order valence-corrected chi connectivity index (χ3v) is 4.07. The summed E-state index contributed by atoms with van der Waals surface area (Å²) in [6.45, 7) is 6.52. The Morgan fingerprint density at radius 1 is 1.12 bits per heavy atom. The quantitative estimate of drug-likeness (QED) is 0.796. The fourth-order valence-corrected chi connectivity index (χ4v) is 2.61. The van der Waals surface area contributed by atoms with Gasteiger partial charge < -0.3 is 5.11 Å². The van der Waals surface area contributed by atoms with E-state index in [9.17, 15) is 5.11 Å². The van der Waals surface area contributed by atoms with Gasteiger partial charge in [0.15, 0.2) is 0 Å². The lowest BCUT2D eigenvalue weighted by atomic mass is 9.73. The van der Waals surface area contributed by atoms with Crippen LogP contribution in [0.5, 0.6) is 5.75 Å². The Morgan fingerprint density at radius 3 is 2.25 bits per heavy atom. The third-order valence-electron chi connectivity index (χ3n) is 4.07. The zero-order valence-electron chi connectivity index (χ0n) is 10.5. The van der Waals surface area contributed by atoms with E-state index in [0.717, 1.165) is 17.0 Å². The lowest BCUT2D eigenvalue weighted by Gasteiger charge is -2.32. The van der Waals surface area contributed by atoms with Gasteiger partial charge >= 0.3 is 0 Å². The summed E-state index contributed by atoms with van der Waals surface area (Å²) in [4.78, 5) is 0. The summed E-state index contributed by atoms with van der Waals surface area (Å²) in [5.41, 5.74) is 2.24. The van der Waals surface area contributed by atoms with Crippen molar-refractivity contribution in [2.75, 3.05) is 0 Å². The predicted octanol–water partition coefficient (Wildman–Crippen LogP) is 4.42. The molecule has 1 fully saturated rings. The van der Waals surface area contributed by atoms with Gasteiger partial charge in [-0.15, -0.1) is 0 Å². The molecule has 16 heavy (non-hydrogen) atoms. The second kappa shape index (κ2) is 4.48. The molecule has 0 unspecified atom stereocenters. The van der Waals surface area contributed by atoms with Crippen LogP contribution in [0.15, 0.2) is 18.2 Å². The molecule has 1 atom stereocenters. The summed E-state index contributed by atoms with van der Waals surface area (Å²) in [5, 5.41) is 10.3. The Kier molecular flexibility index (Phi) is 3.22. The summed E-state index contributed by atoms with van der Waals surface area (Å²) >= 11 is 0. The molecule has 1 aliphatic rings. The maximum absolute atomic E-state index is 10.3. The molecule has 1 aromatic carbocycles. The van der Waals surface area contributed by atoms with Crippen molar-refractivity contribution in [1.82, 2.24) is 0 Å². The zero-order chi connectivity index (χ0) is 11.7. The van der Waals surface area contributed by atoms with Crippen LogP contribution in [0, 0.1) is 5.92 Å². The first kappa shape index (κ1) is 11.5. The number of phenols is 1. The summed E-state index contributed by atoms with van der Waals surface area (Å²) < 4.78 is 0. The highest BCUT2D eigenvalue weighted by atomic mass is 16.3. The maximum Gasteiger partial charge on any atom is 0.122 e. The van der Waals surface area contributed by atoms with Crippen LogP contribution in [-0.4, -0.2) is 5.11 Å². The van der Waals surface area contributed by atoms with Gasteiger partial charge in [0.2, 0.25) is 0 Å². The van der Waals surface area contributed by atoms with E-state index >= 15 is 0 Å². The van der Waals surface area contributed by atoms with Gasteiger partial charge in [0.25, 0.3) is 0 Å². The topological polar surface area (TPSA) is 20.2 Å². The molecule has 1 aliphatic carbocycles. The molecule has 2 rings (SSSR count). The van der Waals surface area contributed by atoms with Crippen molar-refractivity contribution in [3.8, 4) is 5.75 Å². The van der Waals surface area contributed by atoms with E-state index in [0.29, 0.717) is 17.6 Å². The van der Waals surface area contributed by atoms with Crippen molar-refractivity contribution in [1.29, 1.82) is 0 Å². The van der Waals surface area contributed by atoms with E-state index in [-0.39, 0.29) is 0 Å². The zero-order valence-corrected chi connectivity index (χ0v) is 10.5. The summed E-state index contributed by atoms with van der Waals surface area (Å²) in [5.74, 6) is 2.23. The molecular weight excluding hydrogens is 196 g/mol. The number of rotatable bonds is 3. The number of aromatic hydroxyl groups is 1. The molecule has 0 aromatic heterocycles. The van der Waals surface area contributed by atoms with Gasteiger partial charge in [-0.25, -0.2) is 0 Å². The highest BCUT2D eigenvalue weighted by Gasteiger charge is 2.27. The van der Waals surface area contributed by atoms with E-state index in [2.05, 4.69) is 32.9 Å². The molecule has 0 amide bonds. The molecule has 0 saturated heterocycles. The summed E-state index contributed by atoms with van der Waals surface area (Å²) in [7, 11) is 0. The second-order valence-corrected chi connectivity index (χ2v) is 5.42. The molecular formula is C15H22O. The van der Waals surface area contributed by atoms with Gasteiger partial charge in [-0.3, -0.25) is 0 Å². The van der Waals surface area contributed by atoms with Gasteiger partial charge in [0.1, 0.15) is 5.75 Å². The van der Waals surface area contributed by atoms with Crippen molar-refractivity contribution in [3.63, 3.8) is 0 Å². The molecule has 0 spiro atoms. The highest BCUT2D eigenvalue weighted by Crippen LogP contribution is 2.43. The van der Waals surface area contributed by atoms with Crippen molar-refractivity contribution in [3.05, 3.63) is 29.3 Å². The molecule has 0 radical (unpaired) electrons. The minimum absolute atomic E-state index is 0.397. The largest absolute Gasteiger partial charge is 0.507 e. The van der Waals surface area contributed by atoms with E-state index in [1.165, 1.54) is 19.3 Å². The Bertz CT molecular complexity index is 364. The second-order valence-electron chi connectivity index (χ2n) is 5.42. The molecule has 1 N–H and O–H groups in total. The molecule has 0 aliphatic heterocycles. The number of para-hydroxylation sites is 1. The van der Waals surface area contributed by atoms with Crippen molar-refractivity contribution < 1.29 is 5.11 Å². The minimum atomic E-state index is 0.397. The maximum atomic E-state index is 10.3. The van der Waals surface area contributed by atoms with Crippen LogP contribution >= 0.6 is 0 Å². The summed E-state index contributed by atoms with van der Waals surface area (Å²) in [6.07, 6.45) is 4.01. The van der Waals surface area contributed by atoms with E-state index in [1.807, 2.05) is 6.07 Å². The highest BCUT2D eigenvalue weighted by molar-refractivity contribution is 5.44. The number of benzene rings is 1. The molecule has 1 aromatic rings. The molecule has 0 heterocycles. The first-order chi connectivity index (χ1) is 7.61. The Balaban J connectivity index is 2.29. The summed E-state index contributed by atoms with van der Waals surface area (Å²) in [6, 6.07) is 6.21. The van der Waals surface area contributed by atoms with Crippen LogP contribution in [0.2, 0.25) is 0 Å². The van der Waals surface area contributed by atoms with Crippen molar-refractivity contribution >= 4 is 0 Å². The fourth-order valence-electron chi connectivity index (χ4n) is 2.61. The molecule has 88 valence electrons. The standard InChI is InChI=1S/C15H22O/c1-10(2)13-8-5-9-14(15(13)16)11(3)12-6-4-7-12/h5,8-12,16H,4,6-7H2,1-3H3/t11-/m0/s1. The Morgan fingerprint density at radius 2 is 1.75 bits per heavy atom. The Labute approximate surface area is 98.5 Å². The van der Waals surface area contributed by atoms with E-state index < -0.39 is 0 Å². The van der Waals surface area contributed by atoms with Gasteiger partial charge in [0, 0.05) is 0 Å². The predicted molar refractivity (Wildman–Crippen MR) is 68.0 cm³/mol. The Hall–Kier alpha value is -0.980. The lowest BCUT2D eigenvalue weighted by molar-refractivity contribution is 0.268. The van der Waals surface area contributed by atoms with Crippen LogP contribution < -0.4 is 0 Å². The normalized spacial score (nSPS) is 18.5. The van der Waals surface area contributed by atoms with Crippen molar-refractivity contribution in [2.24, 2.45) is 5.92 Å². The fraction of sp³-hybridized carbons (Fsp3) is 0.600. The van der Waals surface area contributed by atoms with Crippen LogP contribution in [-0.2, 0) is 0 Å². The van der Waals surface area contributed by atoms with Gasteiger partial charge in [-0.2, -0.15) is 0 Å². The monoisotopic (exact) mass is 218 g/mol. The third kappa shape index (κ3) is 1.95. The minimum Gasteiger partial charge on any atom is -0.507 e. The average molecular weight is 218 g/mol. The molecule has 1 heteroatoms. The molecule has 0 bridgehead atoms. The van der Waals surface area contributed by atoms with Gasteiger partial charge in [-0.05, 0) is 41.7 Å². The van der Waals surface area contributed by atoms with Crippen LogP contribution in [0.1, 0.15) is 63.0 Å². The van der Waals surface area contributed by atoms with Gasteiger partial charge in [0.05, 0.1) is 0 Å². The van der Waals surface area contributed by atoms with E-state index in [4.69, 9.17) is 0 Å². The first-order valence-electron chi connectivity index (χ1n) is 6.43.